The van der Waals surface area contributed by atoms with Crippen LogP contribution in [-0.4, -0.2) is 36.0 Å². The molecule has 1 atom stereocenters. The lowest BCUT2D eigenvalue weighted by molar-refractivity contribution is -0.125. The molecular weight excluding hydrogens is 298 g/mol. The third-order valence-electron chi connectivity index (χ3n) is 3.78. The van der Waals surface area contributed by atoms with E-state index in [4.69, 9.17) is 9.47 Å². The van der Waals surface area contributed by atoms with Crippen LogP contribution in [0.2, 0.25) is 0 Å². The number of hydrogen-bond donors (Lipinski definition) is 1. The number of carbonyl (C=O) groups excluding carboxylic acids is 1. The van der Waals surface area contributed by atoms with Crippen molar-refractivity contribution in [3.63, 3.8) is 0 Å². The van der Waals surface area contributed by atoms with Gasteiger partial charge in [-0.25, -0.2) is 4.63 Å². The minimum absolute atomic E-state index is 0.0175. The van der Waals surface area contributed by atoms with Crippen molar-refractivity contribution in [1.29, 1.82) is 0 Å². The van der Waals surface area contributed by atoms with Crippen molar-refractivity contribution in [2.45, 2.75) is 19.8 Å². The van der Waals surface area contributed by atoms with Gasteiger partial charge in [0.05, 0.1) is 13.2 Å². The number of nitrogens with zero attached hydrogens (tertiary/aromatic N) is 2. The third kappa shape index (κ3) is 3.80. The fourth-order valence-electron chi connectivity index (χ4n) is 2.54. The average Bonchev–Trinajstić information content (AvgIpc) is 2.84. The van der Waals surface area contributed by atoms with E-state index < -0.39 is 0 Å². The van der Waals surface area contributed by atoms with Crippen LogP contribution in [0.3, 0.4) is 0 Å². The summed E-state index contributed by atoms with van der Waals surface area (Å²) in [5, 5.41) is 10.1. The Bertz CT molecular complexity index is 671. The Morgan fingerprint density at radius 3 is 3.09 bits per heavy atom. The fourth-order valence-corrected chi connectivity index (χ4v) is 2.54. The molecule has 2 heterocycles. The average molecular weight is 317 g/mol. The highest BCUT2D eigenvalue weighted by atomic mass is 16.6. The topological polar surface area (TPSA) is 86.5 Å². The van der Waals surface area contributed by atoms with Gasteiger partial charge in [-0.2, -0.15) is 0 Å². The van der Waals surface area contributed by atoms with Gasteiger partial charge in [0.25, 0.3) is 5.88 Å². The summed E-state index contributed by atoms with van der Waals surface area (Å²) in [4.78, 5) is 12.3. The lowest BCUT2D eigenvalue weighted by Crippen LogP contribution is -2.35. The first-order chi connectivity index (χ1) is 11.2. The molecule has 7 heteroatoms. The maximum Gasteiger partial charge on any atom is 0.278 e. The fraction of sp³-hybridized carbons (Fsp3) is 0.438. The second kappa shape index (κ2) is 7.13. The molecule has 122 valence electrons. The van der Waals surface area contributed by atoms with Crippen molar-refractivity contribution in [3.8, 4) is 11.6 Å². The van der Waals surface area contributed by atoms with Gasteiger partial charge in [-0.05, 0) is 36.6 Å². The van der Waals surface area contributed by atoms with Crippen LogP contribution < -0.4 is 14.8 Å². The normalized spacial score (nSPS) is 16.8. The molecule has 23 heavy (non-hydrogen) atoms. The number of amides is 1. The molecule has 2 aromatic rings. The Morgan fingerprint density at radius 1 is 1.39 bits per heavy atom. The summed E-state index contributed by atoms with van der Waals surface area (Å²) in [5.74, 6) is 1.16. The lowest BCUT2D eigenvalue weighted by Gasteiger charge is -2.13. The highest BCUT2D eigenvalue weighted by Gasteiger charge is 2.23. The van der Waals surface area contributed by atoms with Crippen LogP contribution in [0.15, 0.2) is 28.9 Å². The van der Waals surface area contributed by atoms with Crippen molar-refractivity contribution in [2.75, 3.05) is 19.8 Å². The van der Waals surface area contributed by atoms with Gasteiger partial charge in [-0.3, -0.25) is 4.79 Å². The first-order valence-corrected chi connectivity index (χ1v) is 7.64. The minimum atomic E-state index is -0.0888. The van der Waals surface area contributed by atoms with Crippen molar-refractivity contribution in [3.05, 3.63) is 35.5 Å². The quantitative estimate of drug-likeness (QED) is 0.841. The smallest absolute Gasteiger partial charge is 0.278 e. The zero-order valence-corrected chi connectivity index (χ0v) is 12.9. The third-order valence-corrected chi connectivity index (χ3v) is 3.78. The molecule has 0 saturated carbocycles. The van der Waals surface area contributed by atoms with E-state index in [9.17, 15) is 4.79 Å². The molecule has 1 aliphatic rings. The van der Waals surface area contributed by atoms with E-state index in [1.807, 2.05) is 24.3 Å². The van der Waals surface area contributed by atoms with Crippen molar-refractivity contribution in [1.82, 2.24) is 15.6 Å². The SMILES string of the molecule is Cc1nonc1OCCNC(=O)[C@@H]1CCOc2ccccc2C1. The first-order valence-electron chi connectivity index (χ1n) is 7.64. The number of fused-ring (bicyclic) bond motifs is 1. The molecule has 0 unspecified atom stereocenters. The molecule has 0 spiro atoms. The number of para-hydroxylation sites is 1. The maximum atomic E-state index is 12.3. The van der Waals surface area contributed by atoms with Crippen LogP contribution in [0.1, 0.15) is 17.7 Å². The summed E-state index contributed by atoms with van der Waals surface area (Å²) in [6, 6.07) is 7.85. The number of rotatable bonds is 5. The van der Waals surface area contributed by atoms with Gasteiger partial charge >= 0.3 is 0 Å². The molecule has 1 aromatic heterocycles. The number of hydrogen-bond acceptors (Lipinski definition) is 6. The second-order valence-electron chi connectivity index (χ2n) is 5.44. The minimum Gasteiger partial charge on any atom is -0.493 e. The molecule has 1 aromatic carbocycles. The van der Waals surface area contributed by atoms with E-state index in [1.165, 1.54) is 0 Å². The summed E-state index contributed by atoms with van der Waals surface area (Å²) in [5.41, 5.74) is 1.67. The number of benzene rings is 1. The number of nitrogens with one attached hydrogen (secondary N) is 1. The Balaban J connectivity index is 1.48. The highest BCUT2D eigenvalue weighted by molar-refractivity contribution is 5.79. The van der Waals surface area contributed by atoms with Crippen LogP contribution in [-0.2, 0) is 11.2 Å². The largest absolute Gasteiger partial charge is 0.493 e. The zero-order chi connectivity index (χ0) is 16.1. The lowest BCUT2D eigenvalue weighted by atomic mass is 9.96. The summed E-state index contributed by atoms with van der Waals surface area (Å²) in [7, 11) is 0. The Hall–Kier alpha value is -2.57. The summed E-state index contributed by atoms with van der Waals surface area (Å²) < 4.78 is 15.6. The van der Waals surface area contributed by atoms with E-state index in [0.717, 1.165) is 11.3 Å². The van der Waals surface area contributed by atoms with Gasteiger partial charge in [-0.1, -0.05) is 23.4 Å². The van der Waals surface area contributed by atoms with Crippen molar-refractivity contribution >= 4 is 5.91 Å². The molecule has 0 fully saturated rings. The van der Waals surface area contributed by atoms with Crippen LogP contribution in [0.25, 0.3) is 0 Å². The molecule has 0 radical (unpaired) electrons. The van der Waals surface area contributed by atoms with Gasteiger partial charge < -0.3 is 14.8 Å². The summed E-state index contributed by atoms with van der Waals surface area (Å²) >= 11 is 0. The van der Waals surface area contributed by atoms with Crippen molar-refractivity contribution < 1.29 is 18.9 Å². The summed E-state index contributed by atoms with van der Waals surface area (Å²) in [6.07, 6.45) is 1.39. The maximum absolute atomic E-state index is 12.3. The molecule has 1 aliphatic heterocycles. The van der Waals surface area contributed by atoms with Gasteiger partial charge in [0.15, 0.2) is 0 Å². The van der Waals surface area contributed by atoms with E-state index in [1.54, 1.807) is 6.92 Å². The molecular formula is C16H19N3O4. The molecule has 0 aliphatic carbocycles. The standard InChI is InChI=1S/C16H19N3O4/c1-11-16(19-23-18-11)22-9-7-17-15(20)13-6-8-21-14-5-3-2-4-12(14)10-13/h2-5,13H,6-10H2,1H3,(H,17,20)/t13-/m1/s1. The van der Waals surface area contributed by atoms with E-state index in [2.05, 4.69) is 20.3 Å². The van der Waals surface area contributed by atoms with E-state index in [0.29, 0.717) is 44.2 Å². The van der Waals surface area contributed by atoms with Gasteiger partial charge in [0, 0.05) is 5.92 Å². The van der Waals surface area contributed by atoms with Crippen LogP contribution in [0.4, 0.5) is 0 Å². The van der Waals surface area contributed by atoms with E-state index >= 15 is 0 Å². The molecule has 0 bridgehead atoms. The molecule has 1 N–H and O–H groups in total. The number of carbonyl (C=O) groups is 1. The predicted octanol–water partition coefficient (Wildman–Crippen LogP) is 1.51. The monoisotopic (exact) mass is 317 g/mol. The molecule has 7 nitrogen and oxygen atoms in total. The number of ether oxygens (including phenoxy) is 2. The van der Waals surface area contributed by atoms with Crippen molar-refractivity contribution in [2.24, 2.45) is 5.92 Å². The van der Waals surface area contributed by atoms with Gasteiger partial charge in [0.1, 0.15) is 18.1 Å². The van der Waals surface area contributed by atoms with E-state index in [-0.39, 0.29) is 11.8 Å². The van der Waals surface area contributed by atoms with Crippen LogP contribution in [0.5, 0.6) is 11.6 Å². The molecule has 0 saturated heterocycles. The Morgan fingerprint density at radius 2 is 2.26 bits per heavy atom. The number of aromatic nitrogens is 2. The number of aryl methyl sites for hydroxylation is 1. The Labute approximate surface area is 133 Å². The molecule has 1 amide bonds. The second-order valence-corrected chi connectivity index (χ2v) is 5.44. The Kier molecular flexibility index (Phi) is 4.75. The van der Waals surface area contributed by atoms with Gasteiger partial charge in [0.2, 0.25) is 5.91 Å². The predicted molar refractivity (Wildman–Crippen MR) is 81.3 cm³/mol. The zero-order valence-electron chi connectivity index (χ0n) is 12.9. The summed E-state index contributed by atoms with van der Waals surface area (Å²) in [6.45, 7) is 3.02. The first kappa shape index (κ1) is 15.3. The molecule has 3 rings (SSSR count). The van der Waals surface area contributed by atoms with Crippen LogP contribution >= 0.6 is 0 Å². The van der Waals surface area contributed by atoms with Gasteiger partial charge in [-0.15, -0.1) is 0 Å². The van der Waals surface area contributed by atoms with Crippen LogP contribution in [0, 0.1) is 12.8 Å². The highest BCUT2D eigenvalue weighted by Crippen LogP contribution is 2.26.